The second kappa shape index (κ2) is 5.15. The highest BCUT2D eigenvalue weighted by Crippen LogP contribution is 2.22. The Bertz CT molecular complexity index is 486. The number of hydrogen-bond donors (Lipinski definition) is 1. The number of aryl methyl sites for hydroxylation is 1. The van der Waals surface area contributed by atoms with Crippen LogP contribution in [0.1, 0.15) is 31.9 Å². The molecule has 1 aromatic carbocycles. The van der Waals surface area contributed by atoms with Crippen LogP contribution >= 0.6 is 0 Å². The van der Waals surface area contributed by atoms with Gasteiger partial charge < -0.3 is 5.73 Å². The van der Waals surface area contributed by atoms with E-state index in [4.69, 9.17) is 5.73 Å². The van der Waals surface area contributed by atoms with Gasteiger partial charge in [-0.15, -0.1) is 0 Å². The van der Waals surface area contributed by atoms with Gasteiger partial charge in [-0.25, -0.2) is 0 Å². The van der Waals surface area contributed by atoms with Gasteiger partial charge in [0, 0.05) is 24.3 Å². The summed E-state index contributed by atoms with van der Waals surface area (Å²) in [6.07, 6.45) is 2.94. The number of nitrogens with two attached hydrogens (primary N) is 1. The standard InChI is InChI=1S/C14H19N3/c1-3-9-17-14(7-8-16-17)13-6-4-5-12(10-13)11(2)15/h4-8,10-11H,3,9,15H2,1-2H3. The van der Waals surface area contributed by atoms with Crippen molar-refractivity contribution in [2.24, 2.45) is 5.73 Å². The van der Waals surface area contributed by atoms with Gasteiger partial charge in [-0.2, -0.15) is 5.10 Å². The maximum atomic E-state index is 5.91. The zero-order chi connectivity index (χ0) is 12.3. The predicted molar refractivity (Wildman–Crippen MR) is 70.6 cm³/mol. The summed E-state index contributed by atoms with van der Waals surface area (Å²) >= 11 is 0. The quantitative estimate of drug-likeness (QED) is 0.876. The van der Waals surface area contributed by atoms with Crippen molar-refractivity contribution in [1.82, 2.24) is 9.78 Å². The van der Waals surface area contributed by atoms with Crippen LogP contribution < -0.4 is 5.73 Å². The first-order valence-corrected chi connectivity index (χ1v) is 6.10. The molecule has 0 spiro atoms. The van der Waals surface area contributed by atoms with Crippen LogP contribution in [0.5, 0.6) is 0 Å². The first-order valence-electron chi connectivity index (χ1n) is 6.10. The van der Waals surface area contributed by atoms with Crippen molar-refractivity contribution >= 4 is 0 Å². The van der Waals surface area contributed by atoms with E-state index in [9.17, 15) is 0 Å². The Kier molecular flexibility index (Phi) is 3.59. The summed E-state index contributed by atoms with van der Waals surface area (Å²) < 4.78 is 2.04. The highest BCUT2D eigenvalue weighted by Gasteiger charge is 2.06. The van der Waals surface area contributed by atoms with Crippen molar-refractivity contribution in [3.63, 3.8) is 0 Å². The summed E-state index contributed by atoms with van der Waals surface area (Å²) in [5, 5.41) is 4.34. The lowest BCUT2D eigenvalue weighted by atomic mass is 10.0. The lowest BCUT2D eigenvalue weighted by Gasteiger charge is -2.10. The molecule has 17 heavy (non-hydrogen) atoms. The summed E-state index contributed by atoms with van der Waals surface area (Å²) in [6.45, 7) is 5.11. The van der Waals surface area contributed by atoms with Crippen LogP contribution in [0.3, 0.4) is 0 Å². The topological polar surface area (TPSA) is 43.8 Å². The highest BCUT2D eigenvalue weighted by atomic mass is 15.3. The molecule has 0 saturated carbocycles. The Labute approximate surface area is 102 Å². The van der Waals surface area contributed by atoms with Crippen LogP contribution in [0, 0.1) is 0 Å². The Morgan fingerprint density at radius 3 is 2.88 bits per heavy atom. The molecule has 0 saturated heterocycles. The van der Waals surface area contributed by atoms with Crippen LogP contribution in [0.2, 0.25) is 0 Å². The highest BCUT2D eigenvalue weighted by molar-refractivity contribution is 5.60. The summed E-state index contributed by atoms with van der Waals surface area (Å²) in [7, 11) is 0. The van der Waals surface area contributed by atoms with Crippen LogP contribution in [0.15, 0.2) is 36.5 Å². The molecule has 0 aliphatic carbocycles. The third-order valence-electron chi connectivity index (χ3n) is 2.86. The van der Waals surface area contributed by atoms with Crippen LogP contribution in [0.4, 0.5) is 0 Å². The Hall–Kier alpha value is -1.61. The molecule has 3 heteroatoms. The van der Waals surface area contributed by atoms with E-state index in [-0.39, 0.29) is 6.04 Å². The molecule has 3 nitrogen and oxygen atoms in total. The molecule has 2 aromatic rings. The Morgan fingerprint density at radius 2 is 2.18 bits per heavy atom. The molecule has 0 aliphatic rings. The van der Waals surface area contributed by atoms with Crippen molar-refractivity contribution in [3.8, 4) is 11.3 Å². The van der Waals surface area contributed by atoms with Crippen molar-refractivity contribution in [2.75, 3.05) is 0 Å². The first kappa shape index (κ1) is 11.9. The van der Waals surface area contributed by atoms with E-state index >= 15 is 0 Å². The van der Waals surface area contributed by atoms with Crippen molar-refractivity contribution in [2.45, 2.75) is 32.9 Å². The summed E-state index contributed by atoms with van der Waals surface area (Å²) in [4.78, 5) is 0. The average Bonchev–Trinajstić information content (AvgIpc) is 2.78. The molecule has 1 aromatic heterocycles. The van der Waals surface area contributed by atoms with Gasteiger partial charge in [-0.3, -0.25) is 4.68 Å². The van der Waals surface area contributed by atoms with E-state index in [1.165, 1.54) is 5.56 Å². The van der Waals surface area contributed by atoms with Crippen LogP contribution in [0.25, 0.3) is 11.3 Å². The van der Waals surface area contributed by atoms with Crippen LogP contribution in [-0.4, -0.2) is 9.78 Å². The number of hydrogen-bond acceptors (Lipinski definition) is 2. The van der Waals surface area contributed by atoms with E-state index in [0.29, 0.717) is 0 Å². The van der Waals surface area contributed by atoms with E-state index < -0.39 is 0 Å². The average molecular weight is 229 g/mol. The Morgan fingerprint density at radius 1 is 1.35 bits per heavy atom. The molecular formula is C14H19N3. The maximum absolute atomic E-state index is 5.91. The van der Waals surface area contributed by atoms with Gasteiger partial charge in [0.25, 0.3) is 0 Å². The number of aromatic nitrogens is 2. The second-order valence-electron chi connectivity index (χ2n) is 4.35. The lowest BCUT2D eigenvalue weighted by molar-refractivity contribution is 0.609. The molecule has 2 rings (SSSR count). The fourth-order valence-electron chi connectivity index (χ4n) is 1.95. The van der Waals surface area contributed by atoms with E-state index in [1.54, 1.807) is 0 Å². The second-order valence-corrected chi connectivity index (χ2v) is 4.35. The minimum Gasteiger partial charge on any atom is -0.324 e. The van der Waals surface area contributed by atoms with Gasteiger partial charge in [0.2, 0.25) is 0 Å². The zero-order valence-corrected chi connectivity index (χ0v) is 10.4. The fourth-order valence-corrected chi connectivity index (χ4v) is 1.95. The van der Waals surface area contributed by atoms with E-state index in [0.717, 1.165) is 24.2 Å². The van der Waals surface area contributed by atoms with Crippen molar-refractivity contribution in [3.05, 3.63) is 42.1 Å². The fraction of sp³-hybridized carbons (Fsp3) is 0.357. The number of nitrogens with zero attached hydrogens (tertiary/aromatic N) is 2. The van der Waals surface area contributed by atoms with Gasteiger partial charge in [-0.1, -0.05) is 25.1 Å². The smallest absolute Gasteiger partial charge is 0.0682 e. The third kappa shape index (κ3) is 2.56. The largest absolute Gasteiger partial charge is 0.324 e. The molecule has 0 bridgehead atoms. The number of rotatable bonds is 4. The summed E-state index contributed by atoms with van der Waals surface area (Å²) in [5.74, 6) is 0. The van der Waals surface area contributed by atoms with Crippen LogP contribution in [-0.2, 0) is 6.54 Å². The molecule has 2 N–H and O–H groups in total. The van der Waals surface area contributed by atoms with Gasteiger partial charge >= 0.3 is 0 Å². The molecule has 0 aliphatic heterocycles. The van der Waals surface area contributed by atoms with Crippen molar-refractivity contribution in [1.29, 1.82) is 0 Å². The third-order valence-corrected chi connectivity index (χ3v) is 2.86. The summed E-state index contributed by atoms with van der Waals surface area (Å²) in [6, 6.07) is 10.5. The van der Waals surface area contributed by atoms with E-state index in [1.807, 2.05) is 17.8 Å². The minimum absolute atomic E-state index is 0.0671. The van der Waals surface area contributed by atoms with Gasteiger partial charge in [0.05, 0.1) is 5.69 Å². The van der Waals surface area contributed by atoms with E-state index in [2.05, 4.69) is 42.4 Å². The molecule has 0 fully saturated rings. The minimum atomic E-state index is 0.0671. The number of benzene rings is 1. The molecule has 0 radical (unpaired) electrons. The first-order chi connectivity index (χ1) is 8.22. The molecule has 1 heterocycles. The zero-order valence-electron chi connectivity index (χ0n) is 10.4. The van der Waals surface area contributed by atoms with Crippen molar-refractivity contribution < 1.29 is 0 Å². The molecule has 1 atom stereocenters. The normalized spacial score (nSPS) is 12.6. The molecule has 90 valence electrons. The SMILES string of the molecule is CCCn1nccc1-c1cccc(C(C)N)c1. The maximum Gasteiger partial charge on any atom is 0.0682 e. The molecule has 0 amide bonds. The molecular weight excluding hydrogens is 210 g/mol. The lowest BCUT2D eigenvalue weighted by Crippen LogP contribution is -2.05. The summed E-state index contributed by atoms with van der Waals surface area (Å²) in [5.41, 5.74) is 9.42. The monoisotopic (exact) mass is 229 g/mol. The van der Waals surface area contributed by atoms with Gasteiger partial charge in [0.15, 0.2) is 0 Å². The predicted octanol–water partition coefficient (Wildman–Crippen LogP) is 2.98. The van der Waals surface area contributed by atoms with Gasteiger partial charge in [0.1, 0.15) is 0 Å². The Balaban J connectivity index is 2.38. The van der Waals surface area contributed by atoms with Gasteiger partial charge in [-0.05, 0) is 31.0 Å². The molecule has 1 unspecified atom stereocenters.